The second kappa shape index (κ2) is 81.4. The minimum absolute atomic E-state index is 0.107. The van der Waals surface area contributed by atoms with E-state index in [4.69, 9.17) is 32.3 Å². The Balaban J connectivity index is 4.36. The number of unbranched alkanes of at least 4 members (excludes halogenated alkanes) is 38. The summed E-state index contributed by atoms with van der Waals surface area (Å²) in [4.78, 5) is 58.7. The minimum atomic E-state index is -4.93. The fraction of sp³-hybridized carbons (Fsp3) is 0.742. The number of carbonyl (C=O) groups is 3. The lowest BCUT2D eigenvalue weighted by Crippen LogP contribution is -2.30. The van der Waals surface area contributed by atoms with Gasteiger partial charge in [0.1, 0.15) is 25.4 Å². The van der Waals surface area contributed by atoms with Crippen LogP contribution in [0.3, 0.4) is 0 Å². The molecule has 0 aliphatic rings. The van der Waals surface area contributed by atoms with Gasteiger partial charge in [0.15, 0.2) is 6.10 Å². The second-order valence-electron chi connectivity index (χ2n) is 28.6. The Bertz CT molecular complexity index is 2430. The molecule has 0 aromatic heterocycles. The van der Waals surface area contributed by atoms with E-state index in [2.05, 4.69) is 142 Å². The molecular weight excluding hydrogens is 1390 g/mol. The molecule has 0 aliphatic heterocycles. The van der Waals surface area contributed by atoms with Gasteiger partial charge in [-0.1, -0.05) is 361 Å². The van der Waals surface area contributed by atoms with Crippen LogP contribution in [0.1, 0.15) is 367 Å². The van der Waals surface area contributed by atoms with Gasteiger partial charge in [0.05, 0.1) is 26.4 Å². The van der Waals surface area contributed by atoms with Crippen molar-refractivity contribution in [2.75, 3.05) is 39.6 Å². The number of aliphatic hydroxyl groups excluding tert-OH is 2. The zero-order chi connectivity index (χ0) is 78.0. The molecule has 0 rings (SSSR count). The molecule has 5 unspecified atom stereocenters. The summed E-state index contributed by atoms with van der Waals surface area (Å²) in [6.45, 7) is 2.49. The van der Waals surface area contributed by atoms with Crippen LogP contribution in [0, 0.1) is 0 Å². The molecule has 618 valence electrons. The number of hydrogen-bond donors (Lipinski definition) is 4. The second-order valence-corrected chi connectivity index (χ2v) is 31.5. The number of esters is 3. The molecule has 107 heavy (non-hydrogen) atoms. The van der Waals surface area contributed by atoms with Crippen molar-refractivity contribution >= 4 is 33.6 Å². The standard InChI is InChI=1S/C89H156O16P2/c1-4-7-10-13-16-19-22-24-26-28-30-32-34-36-38-39-40-41-42-43-45-47-48-50-52-54-56-58-61-63-66-69-72-75-87(92)99-78-84(90)79-101-106(95,96)102-80-85(91)81-103-107(97,98)104-83-86(105-89(94)77-74-71-68-65-60-21-18-15-12-9-6-3)82-100-88(93)76-73-70-67-64-62-59-57-55-53-51-49-46-44-37-35-33-31-29-27-25-23-20-17-14-11-8-5-2/h7-8,10-11,16-17,19-20,24-27,30-33,36-38,44,84-86,90-91H,4-6,9,12-15,18,21-23,28-29,34-35,39-43,45-83H2,1-3H3,(H,95,96)(H,97,98)/b10-7-,11-8-,19-16-,20-17-,26-24-,27-25-,32-30-,33-31-,38-36-,44-37-. The summed E-state index contributed by atoms with van der Waals surface area (Å²) in [7, 11) is -9.78. The lowest BCUT2D eigenvalue weighted by Gasteiger charge is -2.21. The number of allylic oxidation sites excluding steroid dienone is 20. The van der Waals surface area contributed by atoms with Crippen molar-refractivity contribution in [3.63, 3.8) is 0 Å². The van der Waals surface area contributed by atoms with Crippen molar-refractivity contribution < 1.29 is 75.8 Å². The molecule has 4 N–H and O–H groups in total. The highest BCUT2D eigenvalue weighted by atomic mass is 31.2. The van der Waals surface area contributed by atoms with Gasteiger partial charge in [0.2, 0.25) is 0 Å². The van der Waals surface area contributed by atoms with Crippen molar-refractivity contribution in [2.45, 2.75) is 386 Å². The Labute approximate surface area is 653 Å². The summed E-state index contributed by atoms with van der Waals surface area (Å²) in [5.41, 5.74) is 0. The van der Waals surface area contributed by atoms with Crippen LogP contribution in [-0.2, 0) is 55.8 Å². The Kier molecular flexibility index (Phi) is 78.4. The first-order valence-corrected chi connectivity index (χ1v) is 45.8. The molecule has 0 radical (unpaired) electrons. The van der Waals surface area contributed by atoms with Gasteiger partial charge in [-0.15, -0.1) is 0 Å². The van der Waals surface area contributed by atoms with Crippen LogP contribution in [-0.4, -0.2) is 95.9 Å². The quantitative estimate of drug-likeness (QED) is 0.0146. The highest BCUT2D eigenvalue weighted by molar-refractivity contribution is 7.47. The van der Waals surface area contributed by atoms with Crippen LogP contribution in [0.25, 0.3) is 0 Å². The van der Waals surface area contributed by atoms with Crippen LogP contribution in [0.2, 0.25) is 0 Å². The van der Waals surface area contributed by atoms with Gasteiger partial charge in [0, 0.05) is 19.3 Å². The van der Waals surface area contributed by atoms with Crippen LogP contribution in [0.15, 0.2) is 122 Å². The van der Waals surface area contributed by atoms with Crippen LogP contribution >= 0.6 is 15.6 Å². The van der Waals surface area contributed by atoms with Crippen LogP contribution in [0.5, 0.6) is 0 Å². The van der Waals surface area contributed by atoms with Gasteiger partial charge >= 0.3 is 33.6 Å². The van der Waals surface area contributed by atoms with E-state index < -0.39 is 91.5 Å². The first-order valence-electron chi connectivity index (χ1n) is 42.8. The topological polar surface area (TPSA) is 231 Å². The van der Waals surface area contributed by atoms with Crippen molar-refractivity contribution in [1.82, 2.24) is 0 Å². The molecule has 18 heteroatoms. The van der Waals surface area contributed by atoms with E-state index in [1.54, 1.807) is 0 Å². The molecule has 0 aliphatic carbocycles. The Morgan fingerprint density at radius 2 is 0.495 bits per heavy atom. The molecule has 0 fully saturated rings. The number of aliphatic hydroxyl groups is 2. The normalized spacial score (nSPS) is 14.5. The highest BCUT2D eigenvalue weighted by Crippen LogP contribution is 2.45. The monoisotopic (exact) mass is 1540 g/mol. The lowest BCUT2D eigenvalue weighted by atomic mass is 10.0. The van der Waals surface area contributed by atoms with Crippen molar-refractivity contribution in [2.24, 2.45) is 0 Å². The fourth-order valence-corrected chi connectivity index (χ4v) is 13.3. The molecule has 0 aromatic carbocycles. The number of rotatable bonds is 81. The zero-order valence-electron chi connectivity index (χ0n) is 67.8. The van der Waals surface area contributed by atoms with Crippen molar-refractivity contribution in [3.8, 4) is 0 Å². The number of phosphoric ester groups is 2. The summed E-state index contributed by atoms with van der Waals surface area (Å²) >= 11 is 0. The average molecular weight is 1540 g/mol. The Hall–Kier alpha value is -4.05. The van der Waals surface area contributed by atoms with Crippen LogP contribution in [0.4, 0.5) is 0 Å². The van der Waals surface area contributed by atoms with Gasteiger partial charge in [-0.3, -0.25) is 32.5 Å². The molecular formula is C89H156O16P2. The van der Waals surface area contributed by atoms with Crippen molar-refractivity contribution in [1.29, 1.82) is 0 Å². The van der Waals surface area contributed by atoms with E-state index >= 15 is 0 Å². The van der Waals surface area contributed by atoms with Gasteiger partial charge in [0.25, 0.3) is 0 Å². The fourth-order valence-electron chi connectivity index (χ4n) is 11.7. The van der Waals surface area contributed by atoms with Gasteiger partial charge < -0.3 is 34.2 Å². The zero-order valence-corrected chi connectivity index (χ0v) is 69.6. The molecule has 0 heterocycles. The number of phosphoric acid groups is 2. The molecule has 0 aromatic rings. The van der Waals surface area contributed by atoms with Gasteiger partial charge in [-0.25, -0.2) is 9.13 Å². The number of ether oxygens (including phenoxy) is 3. The summed E-state index contributed by atoms with van der Waals surface area (Å²) < 4.78 is 61.2. The summed E-state index contributed by atoms with van der Waals surface area (Å²) in [5.74, 6) is -1.56. The van der Waals surface area contributed by atoms with Crippen molar-refractivity contribution in [3.05, 3.63) is 122 Å². The lowest BCUT2D eigenvalue weighted by molar-refractivity contribution is -0.161. The van der Waals surface area contributed by atoms with E-state index in [1.807, 2.05) is 0 Å². The molecule has 16 nitrogen and oxygen atoms in total. The van der Waals surface area contributed by atoms with Gasteiger partial charge in [-0.05, 0) is 109 Å². The molecule has 0 amide bonds. The van der Waals surface area contributed by atoms with E-state index in [9.17, 15) is 43.5 Å². The third-order valence-electron chi connectivity index (χ3n) is 18.2. The largest absolute Gasteiger partial charge is 0.472 e. The average Bonchev–Trinajstić information content (AvgIpc) is 0.940. The van der Waals surface area contributed by atoms with Gasteiger partial charge in [-0.2, -0.15) is 0 Å². The molecule has 0 saturated carbocycles. The molecule has 5 atom stereocenters. The summed E-state index contributed by atoms with van der Waals surface area (Å²) in [5, 5.41) is 20.7. The van der Waals surface area contributed by atoms with E-state index in [-0.39, 0.29) is 19.3 Å². The molecule has 0 spiro atoms. The SMILES string of the molecule is CC/C=C\C/C=C\C/C=C\C/C=C\C/C=C\CCCCCCCCCCCCCCCCCCCC(=O)OCC(O)COP(=O)(O)OCC(O)COP(=O)(O)OCC(COC(=O)CCCCCCCCCCCCC/C=C\C/C=C\C/C=C\C/C=C\C/C=C\CC)OC(=O)CCCCCCCCCCCCC. The summed E-state index contributed by atoms with van der Waals surface area (Å²) in [6, 6.07) is 0. The Morgan fingerprint density at radius 3 is 0.785 bits per heavy atom. The predicted molar refractivity (Wildman–Crippen MR) is 445 cm³/mol. The molecule has 0 bridgehead atoms. The third-order valence-corrected chi connectivity index (χ3v) is 20.1. The summed E-state index contributed by atoms with van der Waals surface area (Å²) in [6.07, 6.45) is 98.4. The number of carbonyl (C=O) groups excluding carboxylic acids is 3. The molecule has 0 saturated heterocycles. The predicted octanol–water partition coefficient (Wildman–Crippen LogP) is 25.7. The maximum atomic E-state index is 12.9. The van der Waals surface area contributed by atoms with E-state index in [1.165, 1.54) is 167 Å². The Morgan fingerprint density at radius 1 is 0.271 bits per heavy atom. The van der Waals surface area contributed by atoms with Crippen LogP contribution < -0.4 is 0 Å². The first-order chi connectivity index (χ1) is 52.2. The maximum absolute atomic E-state index is 12.9. The van der Waals surface area contributed by atoms with E-state index in [0.29, 0.717) is 19.3 Å². The smallest absolute Gasteiger partial charge is 0.463 e. The maximum Gasteiger partial charge on any atom is 0.472 e. The van der Waals surface area contributed by atoms with E-state index in [0.717, 1.165) is 141 Å². The third kappa shape index (κ3) is 82.7. The minimum Gasteiger partial charge on any atom is -0.463 e. The number of hydrogen-bond acceptors (Lipinski definition) is 14. The highest BCUT2D eigenvalue weighted by Gasteiger charge is 2.29. The first kappa shape index (κ1) is 103.